The lowest BCUT2D eigenvalue weighted by Gasteiger charge is -2.24. The van der Waals surface area contributed by atoms with Gasteiger partial charge in [0.1, 0.15) is 0 Å². The third-order valence-corrected chi connectivity index (χ3v) is 5.19. The lowest BCUT2D eigenvalue weighted by Crippen LogP contribution is -2.37. The Labute approximate surface area is 178 Å². The molecular formula is C22H18Cl2N2O3. The van der Waals surface area contributed by atoms with Crippen LogP contribution in [0.15, 0.2) is 76.5 Å². The Kier molecular flexibility index (Phi) is 5.88. The van der Waals surface area contributed by atoms with Crippen LogP contribution in [0.2, 0.25) is 10.0 Å². The van der Waals surface area contributed by atoms with Crippen LogP contribution in [0.1, 0.15) is 28.1 Å². The number of oxime groups is 1. The monoisotopic (exact) mass is 428 g/mol. The Morgan fingerprint density at radius 1 is 1.10 bits per heavy atom. The highest BCUT2D eigenvalue weighted by Crippen LogP contribution is 2.24. The molecule has 1 aromatic heterocycles. The molecule has 5 nitrogen and oxygen atoms in total. The van der Waals surface area contributed by atoms with Crippen molar-refractivity contribution in [3.05, 3.63) is 93.9 Å². The van der Waals surface area contributed by atoms with Crippen LogP contribution in [-0.2, 0) is 11.4 Å². The van der Waals surface area contributed by atoms with Gasteiger partial charge in [-0.1, -0.05) is 58.7 Å². The summed E-state index contributed by atoms with van der Waals surface area (Å²) in [6.07, 6.45) is 1.76. The summed E-state index contributed by atoms with van der Waals surface area (Å²) in [4.78, 5) is 20.3. The zero-order valence-corrected chi connectivity index (χ0v) is 16.9. The Hall–Kier alpha value is -2.76. The SMILES string of the molecule is O=C(c1ccco1)N(Cc1cccc(Cl)c1)CC1CC(c2ccccc2Cl)=NO1. The molecule has 7 heteroatoms. The number of hydrogen-bond donors (Lipinski definition) is 0. The van der Waals surface area contributed by atoms with Crippen molar-refractivity contribution in [2.75, 3.05) is 6.54 Å². The van der Waals surface area contributed by atoms with Crippen LogP contribution in [-0.4, -0.2) is 29.2 Å². The third-order valence-electron chi connectivity index (χ3n) is 4.62. The summed E-state index contributed by atoms with van der Waals surface area (Å²) in [5.74, 6) is 0.0574. The van der Waals surface area contributed by atoms with E-state index in [9.17, 15) is 4.79 Å². The molecule has 1 unspecified atom stereocenters. The highest BCUT2D eigenvalue weighted by atomic mass is 35.5. The van der Waals surface area contributed by atoms with E-state index in [2.05, 4.69) is 5.16 Å². The molecule has 29 heavy (non-hydrogen) atoms. The van der Waals surface area contributed by atoms with Gasteiger partial charge < -0.3 is 14.2 Å². The van der Waals surface area contributed by atoms with Gasteiger partial charge in [-0.2, -0.15) is 0 Å². The topological polar surface area (TPSA) is 55.0 Å². The van der Waals surface area contributed by atoms with Gasteiger partial charge in [0, 0.05) is 28.6 Å². The van der Waals surface area contributed by atoms with Crippen LogP contribution in [0.3, 0.4) is 0 Å². The summed E-state index contributed by atoms with van der Waals surface area (Å²) < 4.78 is 5.30. The molecule has 0 spiro atoms. The molecule has 2 aromatic carbocycles. The van der Waals surface area contributed by atoms with Gasteiger partial charge in [0.2, 0.25) is 0 Å². The fourth-order valence-corrected chi connectivity index (χ4v) is 3.72. The normalized spacial score (nSPS) is 15.7. The van der Waals surface area contributed by atoms with Crippen molar-refractivity contribution >= 4 is 34.8 Å². The summed E-state index contributed by atoms with van der Waals surface area (Å²) in [5, 5.41) is 5.44. The maximum atomic E-state index is 13.0. The van der Waals surface area contributed by atoms with Crippen molar-refractivity contribution in [3.63, 3.8) is 0 Å². The molecule has 0 saturated carbocycles. The minimum Gasteiger partial charge on any atom is -0.459 e. The molecule has 1 aliphatic heterocycles. The first-order chi connectivity index (χ1) is 14.1. The molecule has 0 N–H and O–H groups in total. The predicted octanol–water partition coefficient (Wildman–Crippen LogP) is 5.42. The van der Waals surface area contributed by atoms with Crippen molar-refractivity contribution in [2.45, 2.75) is 19.1 Å². The highest BCUT2D eigenvalue weighted by Gasteiger charge is 2.29. The molecule has 0 fully saturated rings. The first kappa shape index (κ1) is 19.6. The zero-order chi connectivity index (χ0) is 20.2. The zero-order valence-electron chi connectivity index (χ0n) is 15.4. The molecule has 0 saturated heterocycles. The van der Waals surface area contributed by atoms with Crippen LogP contribution < -0.4 is 0 Å². The molecule has 3 aromatic rings. The van der Waals surface area contributed by atoms with Crippen LogP contribution >= 0.6 is 23.2 Å². The maximum Gasteiger partial charge on any atom is 0.289 e. The number of nitrogens with zero attached hydrogens (tertiary/aromatic N) is 2. The van der Waals surface area contributed by atoms with E-state index in [0.29, 0.717) is 29.6 Å². The van der Waals surface area contributed by atoms with E-state index in [-0.39, 0.29) is 17.8 Å². The molecule has 148 valence electrons. The smallest absolute Gasteiger partial charge is 0.289 e. The summed E-state index contributed by atoms with van der Waals surface area (Å²) in [7, 11) is 0. The predicted molar refractivity (Wildman–Crippen MR) is 112 cm³/mol. The summed E-state index contributed by atoms with van der Waals surface area (Å²) in [6.45, 7) is 0.727. The van der Waals surface area contributed by atoms with Gasteiger partial charge in [0.15, 0.2) is 11.9 Å². The number of rotatable bonds is 6. The Morgan fingerprint density at radius 3 is 2.72 bits per heavy atom. The van der Waals surface area contributed by atoms with Gasteiger partial charge in [-0.3, -0.25) is 4.79 Å². The van der Waals surface area contributed by atoms with Gasteiger partial charge in [-0.25, -0.2) is 0 Å². The number of hydrogen-bond acceptors (Lipinski definition) is 4. The fraction of sp³-hybridized carbons (Fsp3) is 0.182. The number of carbonyl (C=O) groups is 1. The standard InChI is InChI=1S/C22H18Cl2N2O3/c23-16-6-3-5-15(11-16)13-26(22(27)21-9-4-10-28-21)14-17-12-20(25-29-17)18-7-1-2-8-19(18)24/h1-11,17H,12-14H2. The number of amides is 1. The molecule has 2 heterocycles. The van der Waals surface area contributed by atoms with Gasteiger partial charge in [-0.15, -0.1) is 0 Å². The van der Waals surface area contributed by atoms with E-state index in [0.717, 1.165) is 16.8 Å². The third kappa shape index (κ3) is 4.63. The number of furan rings is 1. The number of halogens is 2. The highest BCUT2D eigenvalue weighted by molar-refractivity contribution is 6.34. The minimum absolute atomic E-state index is 0.218. The van der Waals surface area contributed by atoms with E-state index in [4.69, 9.17) is 32.5 Å². The molecule has 0 aliphatic carbocycles. The van der Waals surface area contributed by atoms with Gasteiger partial charge in [-0.05, 0) is 35.9 Å². The summed E-state index contributed by atoms with van der Waals surface area (Å²) in [5.41, 5.74) is 2.53. The maximum absolute atomic E-state index is 13.0. The molecule has 1 amide bonds. The Balaban J connectivity index is 1.50. The van der Waals surface area contributed by atoms with E-state index in [1.54, 1.807) is 23.1 Å². The second-order valence-electron chi connectivity index (χ2n) is 6.74. The fourth-order valence-electron chi connectivity index (χ4n) is 3.26. The first-order valence-corrected chi connectivity index (χ1v) is 9.90. The van der Waals surface area contributed by atoms with Crippen molar-refractivity contribution in [2.24, 2.45) is 5.16 Å². The van der Waals surface area contributed by atoms with Crippen molar-refractivity contribution in [1.82, 2.24) is 4.90 Å². The van der Waals surface area contributed by atoms with Crippen LogP contribution in [0.25, 0.3) is 0 Å². The second-order valence-corrected chi connectivity index (χ2v) is 7.59. The summed E-state index contributed by atoms with van der Waals surface area (Å²) >= 11 is 12.4. The number of benzene rings is 2. The molecule has 1 atom stereocenters. The van der Waals surface area contributed by atoms with Crippen molar-refractivity contribution in [3.8, 4) is 0 Å². The molecule has 4 rings (SSSR count). The lowest BCUT2D eigenvalue weighted by atomic mass is 10.0. The summed E-state index contributed by atoms with van der Waals surface area (Å²) in [6, 6.07) is 18.3. The lowest BCUT2D eigenvalue weighted by molar-refractivity contribution is 0.0387. The Morgan fingerprint density at radius 2 is 1.97 bits per heavy atom. The molecular weight excluding hydrogens is 411 g/mol. The van der Waals surface area contributed by atoms with Crippen molar-refractivity contribution in [1.29, 1.82) is 0 Å². The van der Waals surface area contributed by atoms with Gasteiger partial charge in [0.05, 0.1) is 18.5 Å². The van der Waals surface area contributed by atoms with Gasteiger partial charge in [0.25, 0.3) is 5.91 Å². The van der Waals surface area contributed by atoms with E-state index < -0.39 is 0 Å². The van der Waals surface area contributed by atoms with Gasteiger partial charge >= 0.3 is 0 Å². The van der Waals surface area contributed by atoms with E-state index in [1.165, 1.54) is 6.26 Å². The minimum atomic E-state index is -0.278. The average molecular weight is 429 g/mol. The van der Waals surface area contributed by atoms with Crippen LogP contribution in [0.4, 0.5) is 0 Å². The number of carbonyl (C=O) groups excluding carboxylic acids is 1. The molecule has 0 radical (unpaired) electrons. The molecule has 0 bridgehead atoms. The van der Waals surface area contributed by atoms with Crippen LogP contribution in [0.5, 0.6) is 0 Å². The quantitative estimate of drug-likeness (QED) is 0.526. The second kappa shape index (κ2) is 8.72. The van der Waals surface area contributed by atoms with E-state index >= 15 is 0 Å². The average Bonchev–Trinajstić information content (AvgIpc) is 3.40. The first-order valence-electron chi connectivity index (χ1n) is 9.15. The molecule has 1 aliphatic rings. The van der Waals surface area contributed by atoms with Crippen LogP contribution in [0, 0.1) is 0 Å². The largest absolute Gasteiger partial charge is 0.459 e. The van der Waals surface area contributed by atoms with E-state index in [1.807, 2.05) is 42.5 Å². The Bertz CT molecular complexity index is 1030. The van der Waals surface area contributed by atoms with Crippen molar-refractivity contribution < 1.29 is 14.0 Å².